The van der Waals surface area contributed by atoms with Crippen molar-refractivity contribution in [2.24, 2.45) is 10.9 Å². The monoisotopic (exact) mass is 217 g/mol. The summed E-state index contributed by atoms with van der Waals surface area (Å²) in [5, 5.41) is 0. The fourth-order valence-corrected chi connectivity index (χ4v) is 1.57. The number of esters is 1. The van der Waals surface area contributed by atoms with E-state index in [0.29, 0.717) is 17.9 Å². The van der Waals surface area contributed by atoms with Gasteiger partial charge in [0.05, 0.1) is 17.9 Å². The van der Waals surface area contributed by atoms with Crippen molar-refractivity contribution < 1.29 is 14.3 Å². The molecule has 0 bridgehead atoms. The minimum absolute atomic E-state index is 0.00382. The summed E-state index contributed by atoms with van der Waals surface area (Å²) in [6.07, 6.45) is 8.32. The highest BCUT2D eigenvalue weighted by atomic mass is 16.5. The smallest absolute Gasteiger partial charge is 0.338 e. The van der Waals surface area contributed by atoms with Crippen LogP contribution in [0.2, 0.25) is 0 Å². The minimum Gasteiger partial charge on any atom is -0.462 e. The Balaban J connectivity index is 2.23. The Morgan fingerprint density at radius 2 is 2.19 bits per heavy atom. The molecule has 1 heterocycles. The van der Waals surface area contributed by atoms with Crippen molar-refractivity contribution in [2.75, 3.05) is 6.61 Å². The van der Waals surface area contributed by atoms with Crippen LogP contribution in [0.15, 0.2) is 40.9 Å². The van der Waals surface area contributed by atoms with Gasteiger partial charge in [0.15, 0.2) is 0 Å². The van der Waals surface area contributed by atoms with Crippen LogP contribution in [0.25, 0.3) is 0 Å². The van der Waals surface area contributed by atoms with Gasteiger partial charge in [-0.05, 0) is 13.0 Å². The summed E-state index contributed by atoms with van der Waals surface area (Å²) in [6, 6.07) is 0. The average molecular weight is 217 g/mol. The highest BCUT2D eigenvalue weighted by Gasteiger charge is 2.20. The van der Waals surface area contributed by atoms with Crippen molar-refractivity contribution in [3.05, 3.63) is 36.0 Å². The number of allylic oxidation sites excluding steroid dienone is 3. The number of nitrogens with zero attached hydrogens (tertiary/aromatic N) is 1. The molecule has 4 nitrogen and oxygen atoms in total. The fraction of sp³-hybridized carbons (Fsp3) is 0.250. The SMILES string of the molecule is CCOC(=O)C1=CC2=NC(=O)C=CC2C=C1. The first-order chi connectivity index (χ1) is 7.70. The molecule has 0 aromatic heterocycles. The quantitative estimate of drug-likeness (QED) is 0.653. The largest absolute Gasteiger partial charge is 0.462 e. The first-order valence-electron chi connectivity index (χ1n) is 5.08. The number of carbonyl (C=O) groups is 2. The van der Waals surface area contributed by atoms with E-state index in [0.717, 1.165) is 0 Å². The Labute approximate surface area is 93.0 Å². The molecule has 1 aliphatic carbocycles. The lowest BCUT2D eigenvalue weighted by atomic mass is 9.92. The van der Waals surface area contributed by atoms with Gasteiger partial charge in [0.25, 0.3) is 5.91 Å². The van der Waals surface area contributed by atoms with Crippen molar-refractivity contribution in [3.63, 3.8) is 0 Å². The standard InChI is InChI=1S/C12H11NO3/c1-2-16-12(15)9-4-3-8-5-6-11(14)13-10(8)7-9/h3-8H,2H2,1H3. The predicted octanol–water partition coefficient (Wildman–Crippen LogP) is 1.20. The third kappa shape index (κ3) is 2.00. The van der Waals surface area contributed by atoms with E-state index in [1.54, 1.807) is 25.2 Å². The van der Waals surface area contributed by atoms with E-state index in [1.807, 2.05) is 6.08 Å². The predicted molar refractivity (Wildman–Crippen MR) is 58.9 cm³/mol. The van der Waals surface area contributed by atoms with Gasteiger partial charge in [0.1, 0.15) is 0 Å². The molecule has 82 valence electrons. The van der Waals surface area contributed by atoms with Crippen LogP contribution in [-0.4, -0.2) is 24.2 Å². The van der Waals surface area contributed by atoms with Gasteiger partial charge in [0.2, 0.25) is 0 Å². The van der Waals surface area contributed by atoms with Crippen LogP contribution in [0.4, 0.5) is 0 Å². The lowest BCUT2D eigenvalue weighted by Crippen LogP contribution is -2.19. The summed E-state index contributed by atoms with van der Waals surface area (Å²) >= 11 is 0. The zero-order chi connectivity index (χ0) is 11.5. The van der Waals surface area contributed by atoms with E-state index in [-0.39, 0.29) is 17.8 Å². The summed E-state index contributed by atoms with van der Waals surface area (Å²) in [4.78, 5) is 26.4. The summed E-state index contributed by atoms with van der Waals surface area (Å²) in [7, 11) is 0. The minimum atomic E-state index is -0.387. The van der Waals surface area contributed by atoms with Gasteiger partial charge in [-0.25, -0.2) is 9.79 Å². The number of fused-ring (bicyclic) bond motifs is 1. The number of ether oxygens (including phenoxy) is 1. The van der Waals surface area contributed by atoms with Crippen molar-refractivity contribution in [1.82, 2.24) is 0 Å². The van der Waals surface area contributed by atoms with Gasteiger partial charge in [0, 0.05) is 12.0 Å². The van der Waals surface area contributed by atoms with Crippen molar-refractivity contribution in [2.45, 2.75) is 6.92 Å². The lowest BCUT2D eigenvalue weighted by Gasteiger charge is -2.16. The number of carbonyl (C=O) groups excluding carboxylic acids is 2. The summed E-state index contributed by atoms with van der Waals surface area (Å²) in [6.45, 7) is 2.08. The second kappa shape index (κ2) is 4.26. The van der Waals surface area contributed by atoms with E-state index in [2.05, 4.69) is 4.99 Å². The zero-order valence-corrected chi connectivity index (χ0v) is 8.84. The van der Waals surface area contributed by atoms with Crippen LogP contribution in [0.1, 0.15) is 6.92 Å². The Hall–Kier alpha value is -1.97. The zero-order valence-electron chi connectivity index (χ0n) is 8.84. The Morgan fingerprint density at radius 1 is 1.44 bits per heavy atom. The number of rotatable bonds is 2. The average Bonchev–Trinajstić information content (AvgIpc) is 2.28. The number of dihydropyridines is 1. The first-order valence-corrected chi connectivity index (χ1v) is 5.08. The third-order valence-electron chi connectivity index (χ3n) is 2.32. The molecule has 0 saturated carbocycles. The van der Waals surface area contributed by atoms with Gasteiger partial charge in [-0.3, -0.25) is 4.79 Å². The highest BCUT2D eigenvalue weighted by Crippen LogP contribution is 2.19. The number of amides is 1. The molecule has 0 aromatic rings. The Morgan fingerprint density at radius 3 is 2.94 bits per heavy atom. The molecule has 0 spiro atoms. The van der Waals surface area contributed by atoms with Gasteiger partial charge < -0.3 is 4.74 Å². The summed E-state index contributed by atoms with van der Waals surface area (Å²) in [5.41, 5.74) is 1.03. The lowest BCUT2D eigenvalue weighted by molar-refractivity contribution is -0.138. The number of hydrogen-bond donors (Lipinski definition) is 0. The molecule has 16 heavy (non-hydrogen) atoms. The molecule has 0 aromatic carbocycles. The van der Waals surface area contributed by atoms with Crippen LogP contribution in [0.5, 0.6) is 0 Å². The molecule has 0 radical (unpaired) electrons. The molecule has 4 heteroatoms. The second-order valence-corrected chi connectivity index (χ2v) is 3.44. The number of hydrogen-bond acceptors (Lipinski definition) is 3. The van der Waals surface area contributed by atoms with Crippen LogP contribution in [0.3, 0.4) is 0 Å². The maximum atomic E-state index is 11.5. The maximum Gasteiger partial charge on any atom is 0.338 e. The molecular formula is C12H11NO3. The van der Waals surface area contributed by atoms with E-state index >= 15 is 0 Å². The summed E-state index contributed by atoms with van der Waals surface area (Å²) in [5.74, 6) is -0.682. The number of aliphatic imine (C=N–C) groups is 1. The Bertz CT molecular complexity index is 455. The molecule has 1 amide bonds. The van der Waals surface area contributed by atoms with Crippen LogP contribution in [0, 0.1) is 5.92 Å². The molecule has 1 aliphatic heterocycles. The van der Waals surface area contributed by atoms with Gasteiger partial charge in [-0.1, -0.05) is 18.2 Å². The van der Waals surface area contributed by atoms with E-state index in [4.69, 9.17) is 4.74 Å². The molecule has 0 N–H and O–H groups in total. The van der Waals surface area contributed by atoms with Crippen LogP contribution >= 0.6 is 0 Å². The first kappa shape index (κ1) is 10.5. The maximum absolute atomic E-state index is 11.5. The van der Waals surface area contributed by atoms with Crippen molar-refractivity contribution in [3.8, 4) is 0 Å². The molecule has 2 rings (SSSR count). The fourth-order valence-electron chi connectivity index (χ4n) is 1.57. The molecular weight excluding hydrogens is 206 g/mol. The molecule has 1 atom stereocenters. The molecule has 0 saturated heterocycles. The van der Waals surface area contributed by atoms with E-state index in [9.17, 15) is 9.59 Å². The van der Waals surface area contributed by atoms with Crippen LogP contribution in [-0.2, 0) is 14.3 Å². The third-order valence-corrected chi connectivity index (χ3v) is 2.32. The normalized spacial score (nSPS) is 22.3. The van der Waals surface area contributed by atoms with E-state index < -0.39 is 0 Å². The second-order valence-electron chi connectivity index (χ2n) is 3.44. The van der Waals surface area contributed by atoms with Gasteiger partial charge in [-0.2, -0.15) is 0 Å². The highest BCUT2D eigenvalue weighted by molar-refractivity contribution is 6.14. The molecule has 1 unspecified atom stereocenters. The van der Waals surface area contributed by atoms with Gasteiger partial charge in [-0.15, -0.1) is 0 Å². The van der Waals surface area contributed by atoms with Gasteiger partial charge >= 0.3 is 5.97 Å². The summed E-state index contributed by atoms with van der Waals surface area (Å²) < 4.78 is 4.87. The topological polar surface area (TPSA) is 55.7 Å². The molecule has 2 aliphatic rings. The van der Waals surface area contributed by atoms with E-state index in [1.165, 1.54) is 6.08 Å². The van der Waals surface area contributed by atoms with Crippen molar-refractivity contribution in [1.29, 1.82) is 0 Å². The van der Waals surface area contributed by atoms with Crippen molar-refractivity contribution >= 4 is 17.6 Å². The Kier molecular flexibility index (Phi) is 2.81. The molecule has 0 fully saturated rings. The van der Waals surface area contributed by atoms with Crippen LogP contribution < -0.4 is 0 Å².